The average Bonchev–Trinajstić information content (AvgIpc) is 2.97. The zero-order valence-electron chi connectivity index (χ0n) is 14.5. The Balaban J connectivity index is 1.65. The van der Waals surface area contributed by atoms with Gasteiger partial charge in [-0.05, 0) is 31.4 Å². The third kappa shape index (κ3) is 2.53. The molecule has 4 heterocycles. The van der Waals surface area contributed by atoms with Crippen LogP contribution in [0.4, 0.5) is 10.5 Å². The standard InChI is InChI=1S/C18H20N4O4/c1-26-14-3-2-12-15(20-14)13(4-8-19-12)22-11-7-18(16(22)23)5-9-21(10-6-18)17(24)25/h2-4,8H,5-7,9-11H2,1H3,(H,24,25). The predicted octanol–water partition coefficient (Wildman–Crippen LogP) is 2.14. The lowest BCUT2D eigenvalue weighted by Gasteiger charge is -2.36. The van der Waals surface area contributed by atoms with E-state index in [-0.39, 0.29) is 5.91 Å². The van der Waals surface area contributed by atoms with Crippen LogP contribution in [0.15, 0.2) is 24.4 Å². The molecule has 2 amide bonds. The third-order valence-corrected chi connectivity index (χ3v) is 5.54. The molecular weight excluding hydrogens is 336 g/mol. The van der Waals surface area contributed by atoms with Gasteiger partial charge in [0.1, 0.15) is 5.52 Å². The summed E-state index contributed by atoms with van der Waals surface area (Å²) in [5.41, 5.74) is 1.61. The number of likely N-dealkylation sites (tertiary alicyclic amines) is 1. The Bertz CT molecular complexity index is 877. The van der Waals surface area contributed by atoms with E-state index < -0.39 is 11.5 Å². The second kappa shape index (κ2) is 6.12. The number of aromatic nitrogens is 2. The first-order chi connectivity index (χ1) is 12.5. The molecule has 1 N–H and O–H groups in total. The fourth-order valence-electron chi connectivity index (χ4n) is 3.97. The molecule has 2 saturated heterocycles. The first kappa shape index (κ1) is 16.6. The molecule has 0 bridgehead atoms. The van der Waals surface area contributed by atoms with Crippen molar-refractivity contribution >= 4 is 28.7 Å². The summed E-state index contributed by atoms with van der Waals surface area (Å²) >= 11 is 0. The van der Waals surface area contributed by atoms with Crippen molar-refractivity contribution < 1.29 is 19.4 Å². The minimum absolute atomic E-state index is 0.0552. The van der Waals surface area contributed by atoms with Gasteiger partial charge in [-0.25, -0.2) is 9.78 Å². The number of fused-ring (bicyclic) bond motifs is 1. The van der Waals surface area contributed by atoms with Gasteiger partial charge in [0.05, 0.1) is 23.7 Å². The summed E-state index contributed by atoms with van der Waals surface area (Å²) in [7, 11) is 1.55. The number of carbonyl (C=O) groups excluding carboxylic acids is 1. The van der Waals surface area contributed by atoms with E-state index in [9.17, 15) is 9.59 Å². The number of amides is 2. The second-order valence-corrected chi connectivity index (χ2v) is 6.81. The maximum absolute atomic E-state index is 13.2. The van der Waals surface area contributed by atoms with Gasteiger partial charge in [0.15, 0.2) is 0 Å². The second-order valence-electron chi connectivity index (χ2n) is 6.81. The molecule has 1 spiro atoms. The Morgan fingerprint density at radius 2 is 1.92 bits per heavy atom. The fourth-order valence-corrected chi connectivity index (χ4v) is 3.97. The Morgan fingerprint density at radius 1 is 1.19 bits per heavy atom. The van der Waals surface area contributed by atoms with E-state index in [1.807, 2.05) is 6.07 Å². The Hall–Kier alpha value is -2.90. The lowest BCUT2D eigenvalue weighted by atomic mass is 9.77. The van der Waals surface area contributed by atoms with Gasteiger partial charge >= 0.3 is 6.09 Å². The number of carbonyl (C=O) groups is 2. The van der Waals surface area contributed by atoms with Crippen LogP contribution in [-0.2, 0) is 4.79 Å². The number of rotatable bonds is 2. The van der Waals surface area contributed by atoms with Crippen molar-refractivity contribution in [1.82, 2.24) is 14.9 Å². The van der Waals surface area contributed by atoms with E-state index >= 15 is 0 Å². The average molecular weight is 356 g/mol. The molecule has 2 fully saturated rings. The van der Waals surface area contributed by atoms with E-state index in [1.54, 1.807) is 30.3 Å². The number of pyridine rings is 2. The molecule has 2 aromatic heterocycles. The molecule has 2 aliphatic heterocycles. The monoisotopic (exact) mass is 356 g/mol. The molecule has 0 saturated carbocycles. The van der Waals surface area contributed by atoms with Gasteiger partial charge in [-0.3, -0.25) is 9.78 Å². The summed E-state index contributed by atoms with van der Waals surface area (Å²) < 4.78 is 5.21. The van der Waals surface area contributed by atoms with Crippen molar-refractivity contribution in [2.45, 2.75) is 19.3 Å². The van der Waals surface area contributed by atoms with Crippen molar-refractivity contribution in [2.24, 2.45) is 5.41 Å². The van der Waals surface area contributed by atoms with Gasteiger partial charge in [0, 0.05) is 31.9 Å². The Morgan fingerprint density at radius 3 is 2.62 bits per heavy atom. The summed E-state index contributed by atoms with van der Waals surface area (Å²) in [6.07, 6.45) is 2.62. The number of hydrogen-bond donors (Lipinski definition) is 1. The SMILES string of the molecule is COc1ccc2nccc(N3CCC4(CCN(C(=O)O)CC4)C3=O)c2n1. The van der Waals surface area contributed by atoms with E-state index in [2.05, 4.69) is 9.97 Å². The maximum atomic E-state index is 13.2. The van der Waals surface area contributed by atoms with E-state index in [1.165, 1.54) is 4.90 Å². The highest BCUT2D eigenvalue weighted by molar-refractivity contribution is 6.05. The maximum Gasteiger partial charge on any atom is 0.407 e. The topological polar surface area (TPSA) is 95.9 Å². The summed E-state index contributed by atoms with van der Waals surface area (Å²) in [4.78, 5) is 36.3. The van der Waals surface area contributed by atoms with Gasteiger partial charge < -0.3 is 19.6 Å². The molecule has 26 heavy (non-hydrogen) atoms. The minimum atomic E-state index is -0.918. The molecule has 8 nitrogen and oxygen atoms in total. The van der Waals surface area contributed by atoms with Crippen LogP contribution in [-0.4, -0.2) is 58.7 Å². The van der Waals surface area contributed by atoms with Crippen LogP contribution in [0.25, 0.3) is 11.0 Å². The van der Waals surface area contributed by atoms with E-state index in [0.29, 0.717) is 49.4 Å². The van der Waals surface area contributed by atoms with Gasteiger partial charge in [0.25, 0.3) is 0 Å². The molecule has 0 aliphatic carbocycles. The number of carboxylic acid groups (broad SMARTS) is 1. The fraction of sp³-hybridized carbons (Fsp3) is 0.444. The van der Waals surface area contributed by atoms with Crippen LogP contribution in [0.2, 0.25) is 0 Å². The van der Waals surface area contributed by atoms with Gasteiger partial charge in [-0.15, -0.1) is 0 Å². The molecule has 136 valence electrons. The zero-order chi connectivity index (χ0) is 18.3. The van der Waals surface area contributed by atoms with Crippen LogP contribution in [0.1, 0.15) is 19.3 Å². The van der Waals surface area contributed by atoms with Crippen molar-refractivity contribution in [2.75, 3.05) is 31.6 Å². The van der Waals surface area contributed by atoms with E-state index in [0.717, 1.165) is 12.1 Å². The Kier molecular flexibility index (Phi) is 3.90. The quantitative estimate of drug-likeness (QED) is 0.886. The molecule has 8 heteroatoms. The normalized spacial score (nSPS) is 19.3. The number of piperidine rings is 1. The van der Waals surface area contributed by atoms with Gasteiger partial charge in [-0.2, -0.15) is 0 Å². The highest BCUT2D eigenvalue weighted by Crippen LogP contribution is 2.44. The number of hydrogen-bond acceptors (Lipinski definition) is 5. The zero-order valence-corrected chi connectivity index (χ0v) is 14.5. The van der Waals surface area contributed by atoms with Crippen LogP contribution in [0.5, 0.6) is 5.88 Å². The smallest absolute Gasteiger partial charge is 0.407 e. The van der Waals surface area contributed by atoms with Crippen molar-refractivity contribution in [3.05, 3.63) is 24.4 Å². The van der Waals surface area contributed by atoms with Crippen LogP contribution in [0, 0.1) is 5.41 Å². The molecule has 2 aliphatic rings. The lowest BCUT2D eigenvalue weighted by Crippen LogP contribution is -2.46. The van der Waals surface area contributed by atoms with Gasteiger partial charge in [-0.1, -0.05) is 0 Å². The molecular formula is C18H20N4O4. The van der Waals surface area contributed by atoms with Crippen molar-refractivity contribution in [3.8, 4) is 5.88 Å². The van der Waals surface area contributed by atoms with Crippen molar-refractivity contribution in [3.63, 3.8) is 0 Å². The third-order valence-electron chi connectivity index (χ3n) is 5.54. The highest BCUT2D eigenvalue weighted by Gasteiger charge is 2.49. The first-order valence-electron chi connectivity index (χ1n) is 8.64. The summed E-state index contributed by atoms with van der Waals surface area (Å²) in [5, 5.41) is 9.14. The molecule has 0 aromatic carbocycles. The van der Waals surface area contributed by atoms with Crippen molar-refractivity contribution in [1.29, 1.82) is 0 Å². The molecule has 2 aromatic rings. The molecule has 4 rings (SSSR count). The number of nitrogens with zero attached hydrogens (tertiary/aromatic N) is 4. The lowest BCUT2D eigenvalue weighted by molar-refractivity contribution is -0.127. The molecule has 0 atom stereocenters. The van der Waals surface area contributed by atoms with E-state index in [4.69, 9.17) is 9.84 Å². The first-order valence-corrected chi connectivity index (χ1v) is 8.64. The number of ether oxygens (including phenoxy) is 1. The largest absolute Gasteiger partial charge is 0.481 e. The Labute approximate surface area is 150 Å². The summed E-state index contributed by atoms with van der Waals surface area (Å²) in [6, 6.07) is 5.37. The summed E-state index contributed by atoms with van der Waals surface area (Å²) in [5.74, 6) is 0.530. The summed E-state index contributed by atoms with van der Waals surface area (Å²) in [6.45, 7) is 1.40. The van der Waals surface area contributed by atoms with Crippen LogP contribution in [0.3, 0.4) is 0 Å². The minimum Gasteiger partial charge on any atom is -0.481 e. The van der Waals surface area contributed by atoms with Gasteiger partial charge in [0.2, 0.25) is 11.8 Å². The highest BCUT2D eigenvalue weighted by atomic mass is 16.5. The molecule has 0 unspecified atom stereocenters. The number of methoxy groups -OCH3 is 1. The van der Waals surface area contributed by atoms with Crippen LogP contribution < -0.4 is 9.64 Å². The molecule has 0 radical (unpaired) electrons. The van der Waals surface area contributed by atoms with Crippen LogP contribution >= 0.6 is 0 Å². The predicted molar refractivity (Wildman–Crippen MR) is 94.3 cm³/mol. The number of anilines is 1.